The molecule has 0 amide bonds. The number of rotatable bonds is 1. The van der Waals surface area contributed by atoms with Crippen molar-refractivity contribution < 1.29 is 44.6 Å². The van der Waals surface area contributed by atoms with Crippen LogP contribution < -0.4 is 0 Å². The molecule has 0 aromatic heterocycles. The quantitative estimate of drug-likeness (QED) is 0.735. The molecule has 18 heavy (non-hydrogen) atoms. The molecule has 0 aliphatic heterocycles. The molecule has 2 fully saturated rings. The van der Waals surface area contributed by atoms with Crippen molar-refractivity contribution in [2.75, 3.05) is 6.61 Å². The monoisotopic (exact) mass is 288 g/mol. The maximum Gasteiger partial charge on any atom is 0.330 e. The Morgan fingerprint density at radius 2 is 1.22 bits per heavy atom. The van der Waals surface area contributed by atoms with Gasteiger partial charge in [-0.25, -0.2) is 22.0 Å². The van der Waals surface area contributed by atoms with Gasteiger partial charge in [0, 0.05) is 0 Å². The maximum atomic E-state index is 13.7. The van der Waals surface area contributed by atoms with Gasteiger partial charge in [-0.05, 0) is 0 Å². The van der Waals surface area contributed by atoms with Gasteiger partial charge in [0.1, 0.15) is 0 Å². The molecule has 2 aliphatic carbocycles. The van der Waals surface area contributed by atoms with Gasteiger partial charge in [0.25, 0.3) is 11.6 Å². The summed E-state index contributed by atoms with van der Waals surface area (Å²) in [4.78, 5) is 0. The van der Waals surface area contributed by atoms with Gasteiger partial charge >= 0.3 is 11.8 Å². The highest BCUT2D eigenvalue weighted by molar-refractivity contribution is 5.42. The van der Waals surface area contributed by atoms with E-state index in [9.17, 15) is 39.5 Å². The molecule has 1 N–H and O–H groups in total. The molecule has 1 nitrogen and oxygen atoms in total. The van der Waals surface area contributed by atoms with E-state index >= 15 is 0 Å². The summed E-state index contributed by atoms with van der Waals surface area (Å²) in [6.45, 7) is -2.70. The van der Waals surface area contributed by atoms with Gasteiger partial charge < -0.3 is 5.11 Å². The standard InChI is InChI=1S/C8H5F9O/c9-3-1-5(11,12)6(13,8(3,16)17)4(10,2-18)7(3,14)15/h18H,1-2H2. The first-order valence-electron chi connectivity index (χ1n) is 4.58. The first-order valence-corrected chi connectivity index (χ1v) is 4.58. The zero-order valence-electron chi connectivity index (χ0n) is 8.26. The van der Waals surface area contributed by atoms with Gasteiger partial charge in [0.2, 0.25) is 11.3 Å². The van der Waals surface area contributed by atoms with Gasteiger partial charge in [-0.15, -0.1) is 0 Å². The highest BCUT2D eigenvalue weighted by Gasteiger charge is 3.07. The fourth-order valence-corrected chi connectivity index (χ4v) is 2.63. The van der Waals surface area contributed by atoms with E-state index in [-0.39, 0.29) is 0 Å². The SMILES string of the molecule is OCC1(F)C(F)(F)C2(F)CC(F)(F)C1(F)C2(F)F. The number of hydrogen-bond donors (Lipinski definition) is 1. The Bertz CT molecular complexity index is 409. The molecular formula is C8H5F9O. The van der Waals surface area contributed by atoms with Gasteiger partial charge in [0.15, 0.2) is 0 Å². The minimum atomic E-state index is -5.97. The van der Waals surface area contributed by atoms with Crippen LogP contribution in [0.5, 0.6) is 0 Å². The lowest BCUT2D eigenvalue weighted by atomic mass is 9.77. The number of alkyl halides is 9. The van der Waals surface area contributed by atoms with Crippen molar-refractivity contribution in [3.05, 3.63) is 0 Å². The second-order valence-electron chi connectivity index (χ2n) is 4.45. The lowest BCUT2D eigenvalue weighted by molar-refractivity contribution is -0.298. The summed E-state index contributed by atoms with van der Waals surface area (Å²) in [6.07, 6.45) is -2.86. The Morgan fingerprint density at radius 3 is 1.50 bits per heavy atom. The van der Waals surface area contributed by atoms with Crippen molar-refractivity contribution >= 4 is 0 Å². The maximum absolute atomic E-state index is 13.7. The van der Waals surface area contributed by atoms with Gasteiger partial charge in [0.05, 0.1) is 13.0 Å². The fourth-order valence-electron chi connectivity index (χ4n) is 2.63. The van der Waals surface area contributed by atoms with E-state index in [0.717, 1.165) is 0 Å². The molecule has 3 unspecified atom stereocenters. The highest BCUT2D eigenvalue weighted by atomic mass is 19.3. The van der Waals surface area contributed by atoms with Crippen LogP contribution in [-0.2, 0) is 0 Å². The number of halogens is 9. The van der Waals surface area contributed by atoms with E-state index in [1.807, 2.05) is 0 Å². The molecule has 0 radical (unpaired) electrons. The normalized spacial score (nSPS) is 51.7. The number of fused-ring (bicyclic) bond motifs is 2. The Balaban J connectivity index is 2.84. The third-order valence-corrected chi connectivity index (χ3v) is 3.66. The Labute approximate surface area is 93.6 Å². The van der Waals surface area contributed by atoms with Crippen molar-refractivity contribution in [1.29, 1.82) is 0 Å². The Morgan fingerprint density at radius 1 is 0.778 bits per heavy atom. The molecule has 2 bridgehead atoms. The van der Waals surface area contributed by atoms with Crippen LogP contribution in [0, 0.1) is 0 Å². The van der Waals surface area contributed by atoms with Gasteiger partial charge in [-0.2, -0.15) is 17.6 Å². The summed E-state index contributed by atoms with van der Waals surface area (Å²) < 4.78 is 119. The van der Waals surface area contributed by atoms with Crippen LogP contribution in [0.2, 0.25) is 0 Å². The molecule has 0 saturated heterocycles. The van der Waals surface area contributed by atoms with Gasteiger partial charge in [-0.3, -0.25) is 0 Å². The van der Waals surface area contributed by atoms with E-state index in [1.54, 1.807) is 0 Å². The first-order chi connectivity index (χ1) is 7.77. The largest absolute Gasteiger partial charge is 0.393 e. The number of aliphatic hydroxyl groups excluding tert-OH is 1. The number of hydrogen-bond acceptors (Lipinski definition) is 1. The first kappa shape index (κ1) is 13.8. The van der Waals surface area contributed by atoms with E-state index in [0.29, 0.717) is 0 Å². The minimum absolute atomic E-state index is 2.70. The summed E-state index contributed by atoms with van der Waals surface area (Å²) in [5, 5.41) is 8.30. The number of aliphatic hydroxyl groups is 1. The van der Waals surface area contributed by atoms with E-state index in [2.05, 4.69) is 0 Å². The van der Waals surface area contributed by atoms with Crippen LogP contribution in [0.4, 0.5) is 39.5 Å². The van der Waals surface area contributed by atoms with E-state index in [1.165, 1.54) is 0 Å². The lowest BCUT2D eigenvalue weighted by Gasteiger charge is -2.42. The molecule has 0 spiro atoms. The summed E-state index contributed by atoms with van der Waals surface area (Å²) in [7, 11) is 0. The van der Waals surface area contributed by atoms with Crippen LogP contribution in [0.3, 0.4) is 0 Å². The molecule has 2 aliphatic rings. The van der Waals surface area contributed by atoms with Gasteiger partial charge in [-0.1, -0.05) is 0 Å². The molecule has 2 saturated carbocycles. The van der Waals surface area contributed by atoms with Crippen LogP contribution in [-0.4, -0.2) is 46.5 Å². The smallest absolute Gasteiger partial charge is 0.330 e. The fraction of sp³-hybridized carbons (Fsp3) is 1.00. The lowest BCUT2D eigenvalue weighted by Crippen LogP contribution is -2.69. The zero-order chi connectivity index (χ0) is 14.4. The van der Waals surface area contributed by atoms with E-state index < -0.39 is 47.8 Å². The molecule has 10 heteroatoms. The van der Waals surface area contributed by atoms with Crippen LogP contribution in [0.15, 0.2) is 0 Å². The molecular weight excluding hydrogens is 283 g/mol. The molecule has 3 atom stereocenters. The van der Waals surface area contributed by atoms with Crippen molar-refractivity contribution in [3.8, 4) is 0 Å². The highest BCUT2D eigenvalue weighted by Crippen LogP contribution is 2.78. The molecule has 0 aromatic rings. The van der Waals surface area contributed by atoms with Crippen molar-refractivity contribution in [2.24, 2.45) is 0 Å². The molecule has 0 aromatic carbocycles. The Kier molecular flexibility index (Phi) is 2.10. The van der Waals surface area contributed by atoms with Crippen LogP contribution in [0.25, 0.3) is 0 Å². The Hall–Kier alpha value is -0.670. The van der Waals surface area contributed by atoms with Crippen LogP contribution >= 0.6 is 0 Å². The third-order valence-electron chi connectivity index (χ3n) is 3.66. The molecule has 0 heterocycles. The summed E-state index contributed by atoms with van der Waals surface area (Å²) in [5.74, 6) is -17.1. The third kappa shape index (κ3) is 0.810. The predicted molar refractivity (Wildman–Crippen MR) is 38.1 cm³/mol. The average Bonchev–Trinajstić information content (AvgIpc) is 2.37. The van der Waals surface area contributed by atoms with E-state index in [4.69, 9.17) is 5.11 Å². The van der Waals surface area contributed by atoms with Crippen molar-refractivity contribution in [3.63, 3.8) is 0 Å². The topological polar surface area (TPSA) is 20.2 Å². The summed E-state index contributed by atoms with van der Waals surface area (Å²) in [5.41, 5.74) is -16.6. The second-order valence-corrected chi connectivity index (χ2v) is 4.45. The summed E-state index contributed by atoms with van der Waals surface area (Å²) >= 11 is 0. The molecule has 2 rings (SSSR count). The van der Waals surface area contributed by atoms with Crippen molar-refractivity contribution in [1.82, 2.24) is 0 Å². The average molecular weight is 288 g/mol. The van der Waals surface area contributed by atoms with Crippen molar-refractivity contribution in [2.45, 2.75) is 41.2 Å². The summed E-state index contributed by atoms with van der Waals surface area (Å²) in [6, 6.07) is 0. The molecule has 106 valence electrons. The van der Waals surface area contributed by atoms with Crippen LogP contribution in [0.1, 0.15) is 6.42 Å². The zero-order valence-corrected chi connectivity index (χ0v) is 8.26. The second kappa shape index (κ2) is 2.75. The predicted octanol–water partition coefficient (Wildman–Crippen LogP) is 2.43. The minimum Gasteiger partial charge on any atom is -0.393 e.